The summed E-state index contributed by atoms with van der Waals surface area (Å²) in [4.78, 5) is 28.9. The molecule has 8 heteroatoms. The van der Waals surface area contributed by atoms with Gasteiger partial charge >= 0.3 is 0 Å². The van der Waals surface area contributed by atoms with Gasteiger partial charge in [-0.3, -0.25) is 9.59 Å². The molecule has 154 valence electrons. The number of nitrogens with one attached hydrogen (secondary N) is 2. The van der Waals surface area contributed by atoms with E-state index in [0.29, 0.717) is 5.75 Å². The maximum absolute atomic E-state index is 13.8. The minimum absolute atomic E-state index is 0.0385. The van der Waals surface area contributed by atoms with Crippen LogP contribution in [-0.4, -0.2) is 35.1 Å². The van der Waals surface area contributed by atoms with E-state index in [9.17, 15) is 14.0 Å². The summed E-state index contributed by atoms with van der Waals surface area (Å²) in [6, 6.07) is 8.62. The Balaban J connectivity index is 1.68. The number of hydrogen-bond acceptors (Lipinski definition) is 5. The summed E-state index contributed by atoms with van der Waals surface area (Å²) in [5, 5.41) is 5.85. The van der Waals surface area contributed by atoms with E-state index < -0.39 is 11.7 Å². The molecule has 1 fully saturated rings. The molecule has 2 aromatic rings. The van der Waals surface area contributed by atoms with Crippen LogP contribution < -0.4 is 15.4 Å². The van der Waals surface area contributed by atoms with Gasteiger partial charge in [-0.05, 0) is 56.2 Å². The Morgan fingerprint density at radius 3 is 2.48 bits per heavy atom. The van der Waals surface area contributed by atoms with Gasteiger partial charge in [0.15, 0.2) is 0 Å². The molecule has 0 aliphatic heterocycles. The van der Waals surface area contributed by atoms with E-state index in [2.05, 4.69) is 15.6 Å². The van der Waals surface area contributed by atoms with Crippen molar-refractivity contribution in [3.05, 3.63) is 47.9 Å². The van der Waals surface area contributed by atoms with Crippen molar-refractivity contribution in [2.75, 3.05) is 6.26 Å². The van der Waals surface area contributed by atoms with Crippen LogP contribution in [0.4, 0.5) is 4.39 Å². The number of amides is 2. The first-order valence-electron chi connectivity index (χ1n) is 9.50. The lowest BCUT2D eigenvalue weighted by Crippen LogP contribution is -2.43. The molecule has 0 unspecified atom stereocenters. The van der Waals surface area contributed by atoms with E-state index in [0.717, 1.165) is 42.8 Å². The molecule has 6 nitrogen and oxygen atoms in total. The van der Waals surface area contributed by atoms with E-state index in [4.69, 9.17) is 4.74 Å². The molecule has 1 aromatic heterocycles. The summed E-state index contributed by atoms with van der Waals surface area (Å²) in [6.07, 6.45) is 6.04. The maximum atomic E-state index is 13.8. The van der Waals surface area contributed by atoms with Gasteiger partial charge < -0.3 is 15.4 Å². The van der Waals surface area contributed by atoms with Gasteiger partial charge in [0.2, 0.25) is 11.8 Å². The summed E-state index contributed by atoms with van der Waals surface area (Å²) >= 11 is 1.57. The Labute approximate surface area is 173 Å². The highest BCUT2D eigenvalue weighted by Crippen LogP contribution is 2.27. The van der Waals surface area contributed by atoms with Crippen LogP contribution in [0.3, 0.4) is 0 Å². The number of benzene rings is 1. The number of carbonyl (C=O) groups is 2. The number of nitrogens with zero attached hydrogens (tertiary/aromatic N) is 1. The standard InChI is InChI=1S/C21H24FN3O3S/c1-13(26)24-15-6-8-16(9-7-15)25-20(27)19-10-14(22)12-23-21(19)28-17-4-3-5-18(11-17)29-2/h3-5,10-12,15-16H,6-9H2,1-2H3,(H,24,26)(H,25,27). The van der Waals surface area contributed by atoms with Gasteiger partial charge in [-0.1, -0.05) is 6.07 Å². The molecule has 1 aliphatic rings. The zero-order valence-corrected chi connectivity index (χ0v) is 17.2. The number of halogens is 1. The summed E-state index contributed by atoms with van der Waals surface area (Å²) in [5.74, 6) is -0.476. The fourth-order valence-corrected chi connectivity index (χ4v) is 3.83. The number of ether oxygens (including phenoxy) is 1. The molecule has 2 amide bonds. The topological polar surface area (TPSA) is 80.3 Å². The second-order valence-electron chi connectivity index (χ2n) is 7.01. The molecule has 29 heavy (non-hydrogen) atoms. The maximum Gasteiger partial charge on any atom is 0.257 e. The predicted molar refractivity (Wildman–Crippen MR) is 110 cm³/mol. The van der Waals surface area contributed by atoms with Gasteiger partial charge in [-0.15, -0.1) is 11.8 Å². The Morgan fingerprint density at radius 2 is 1.83 bits per heavy atom. The SMILES string of the molecule is CSc1cccc(Oc2ncc(F)cc2C(=O)NC2CCC(NC(C)=O)CC2)c1. The lowest BCUT2D eigenvalue weighted by molar-refractivity contribution is -0.119. The van der Waals surface area contributed by atoms with Crippen molar-refractivity contribution in [3.8, 4) is 11.6 Å². The number of thioether (sulfide) groups is 1. The van der Waals surface area contributed by atoms with E-state index in [-0.39, 0.29) is 29.4 Å². The number of pyridine rings is 1. The van der Waals surface area contributed by atoms with Crippen molar-refractivity contribution in [1.82, 2.24) is 15.6 Å². The average Bonchev–Trinajstić information content (AvgIpc) is 2.70. The third-order valence-electron chi connectivity index (χ3n) is 4.79. The molecule has 1 heterocycles. The summed E-state index contributed by atoms with van der Waals surface area (Å²) < 4.78 is 19.6. The number of rotatable bonds is 6. The molecule has 0 spiro atoms. The van der Waals surface area contributed by atoms with Crippen LogP contribution >= 0.6 is 11.8 Å². The van der Waals surface area contributed by atoms with E-state index >= 15 is 0 Å². The molecule has 2 N–H and O–H groups in total. The Morgan fingerprint density at radius 1 is 1.14 bits per heavy atom. The first-order valence-corrected chi connectivity index (χ1v) is 10.7. The normalized spacial score (nSPS) is 18.7. The third-order valence-corrected chi connectivity index (χ3v) is 5.51. The van der Waals surface area contributed by atoms with Gasteiger partial charge in [0.1, 0.15) is 17.1 Å². The third kappa shape index (κ3) is 5.93. The smallest absolute Gasteiger partial charge is 0.257 e. The van der Waals surface area contributed by atoms with Crippen molar-refractivity contribution in [2.45, 2.75) is 49.6 Å². The fourth-order valence-electron chi connectivity index (χ4n) is 3.38. The highest BCUT2D eigenvalue weighted by atomic mass is 32.2. The van der Waals surface area contributed by atoms with Crippen LogP contribution in [0.5, 0.6) is 11.6 Å². The Bertz CT molecular complexity index is 885. The Hall–Kier alpha value is -2.61. The highest BCUT2D eigenvalue weighted by Gasteiger charge is 2.25. The van der Waals surface area contributed by atoms with E-state index in [1.807, 2.05) is 24.5 Å². The molecule has 3 rings (SSSR count). The summed E-state index contributed by atoms with van der Waals surface area (Å²) in [7, 11) is 0. The highest BCUT2D eigenvalue weighted by molar-refractivity contribution is 7.98. The zero-order valence-electron chi connectivity index (χ0n) is 16.4. The largest absolute Gasteiger partial charge is 0.438 e. The van der Waals surface area contributed by atoms with Crippen molar-refractivity contribution >= 4 is 23.6 Å². The predicted octanol–water partition coefficient (Wildman–Crippen LogP) is 3.91. The molecule has 1 saturated carbocycles. The van der Waals surface area contributed by atoms with Crippen molar-refractivity contribution < 1.29 is 18.7 Å². The minimum Gasteiger partial charge on any atom is -0.438 e. The molecule has 0 atom stereocenters. The van der Waals surface area contributed by atoms with Gasteiger partial charge in [0, 0.05) is 23.9 Å². The molecular formula is C21H24FN3O3S. The lowest BCUT2D eigenvalue weighted by atomic mass is 9.91. The van der Waals surface area contributed by atoms with Gasteiger partial charge in [-0.25, -0.2) is 9.37 Å². The van der Waals surface area contributed by atoms with Crippen LogP contribution in [-0.2, 0) is 4.79 Å². The number of aromatic nitrogens is 1. The second-order valence-corrected chi connectivity index (χ2v) is 7.89. The van der Waals surface area contributed by atoms with Crippen molar-refractivity contribution in [3.63, 3.8) is 0 Å². The Kier molecular flexibility index (Phi) is 7.09. The average molecular weight is 418 g/mol. The first kappa shape index (κ1) is 21.1. The fraction of sp³-hybridized carbons (Fsp3) is 0.381. The van der Waals surface area contributed by atoms with Crippen molar-refractivity contribution in [2.24, 2.45) is 0 Å². The van der Waals surface area contributed by atoms with Gasteiger partial charge in [-0.2, -0.15) is 0 Å². The minimum atomic E-state index is -0.602. The van der Waals surface area contributed by atoms with Crippen LogP contribution in [0, 0.1) is 5.82 Å². The van der Waals surface area contributed by atoms with E-state index in [1.54, 1.807) is 17.8 Å². The van der Waals surface area contributed by atoms with Crippen LogP contribution in [0.15, 0.2) is 41.4 Å². The quantitative estimate of drug-likeness (QED) is 0.697. The molecular weight excluding hydrogens is 393 g/mol. The lowest BCUT2D eigenvalue weighted by Gasteiger charge is -2.29. The monoisotopic (exact) mass is 417 g/mol. The summed E-state index contributed by atoms with van der Waals surface area (Å²) in [5.41, 5.74) is 0.0588. The zero-order chi connectivity index (χ0) is 20.8. The van der Waals surface area contributed by atoms with Gasteiger partial charge in [0.25, 0.3) is 5.91 Å². The van der Waals surface area contributed by atoms with Crippen molar-refractivity contribution in [1.29, 1.82) is 0 Å². The summed E-state index contributed by atoms with van der Waals surface area (Å²) in [6.45, 7) is 1.50. The van der Waals surface area contributed by atoms with E-state index in [1.165, 1.54) is 6.92 Å². The molecule has 1 aromatic carbocycles. The van der Waals surface area contributed by atoms with Crippen LogP contribution in [0.1, 0.15) is 43.0 Å². The number of hydrogen-bond donors (Lipinski definition) is 2. The van der Waals surface area contributed by atoms with Crippen LogP contribution in [0.25, 0.3) is 0 Å². The van der Waals surface area contributed by atoms with Gasteiger partial charge in [0.05, 0.1) is 6.20 Å². The van der Waals surface area contributed by atoms with Crippen LogP contribution in [0.2, 0.25) is 0 Å². The number of carbonyl (C=O) groups excluding carboxylic acids is 2. The molecule has 0 bridgehead atoms. The molecule has 0 saturated heterocycles. The first-order chi connectivity index (χ1) is 13.9. The molecule has 0 radical (unpaired) electrons. The second kappa shape index (κ2) is 9.73. The molecule has 1 aliphatic carbocycles.